The average molecular weight is 248 g/mol. The molecule has 0 fully saturated rings. The molecule has 0 aliphatic heterocycles. The molecule has 4 heteroatoms. The molecule has 0 N–H and O–H groups in total. The number of allylic oxidation sites excluding steroid dienone is 4. The number of methoxy groups -OCH3 is 2. The van der Waals surface area contributed by atoms with E-state index in [9.17, 15) is 0 Å². The summed E-state index contributed by atoms with van der Waals surface area (Å²) in [6.07, 6.45) is 8.81. The summed E-state index contributed by atoms with van der Waals surface area (Å²) in [5.41, 5.74) is 1.44. The van der Waals surface area contributed by atoms with Gasteiger partial charge >= 0.3 is 18.9 Å². The van der Waals surface area contributed by atoms with Crippen molar-refractivity contribution in [2.45, 2.75) is 32.1 Å². The first-order valence-corrected chi connectivity index (χ1v) is 9.44. The van der Waals surface area contributed by atoms with E-state index in [1.54, 1.807) is 14.2 Å². The fraction of sp³-hybridized carbons (Fsp3) is 0.692. The minimum atomic E-state index is -0.873. The second-order valence-corrected chi connectivity index (χ2v) is 10.5. The fourth-order valence-electron chi connectivity index (χ4n) is 1.31. The Hall–Kier alpha value is 0.214. The molecule has 1 rings (SSSR count). The fourth-order valence-corrected chi connectivity index (χ4v) is 2.70. The molecule has 0 atom stereocenters. The van der Waals surface area contributed by atoms with Gasteiger partial charge in [0.15, 0.2) is 0 Å². The van der Waals surface area contributed by atoms with E-state index >= 15 is 0 Å². The minimum absolute atomic E-state index is 0. The molecular formula is C13H25LiO2Si. The van der Waals surface area contributed by atoms with Crippen LogP contribution in [0.1, 0.15) is 6.42 Å². The molecule has 0 spiro atoms. The molecule has 0 aromatic heterocycles. The van der Waals surface area contributed by atoms with Crippen LogP contribution >= 0.6 is 0 Å². The van der Waals surface area contributed by atoms with Crippen LogP contribution in [-0.2, 0) is 9.47 Å². The van der Waals surface area contributed by atoms with Gasteiger partial charge in [0.2, 0.25) is 0 Å². The van der Waals surface area contributed by atoms with Gasteiger partial charge < -0.3 is 9.47 Å². The maximum atomic E-state index is 4.66. The van der Waals surface area contributed by atoms with E-state index in [0.717, 1.165) is 6.42 Å². The Labute approximate surface area is 120 Å². The van der Waals surface area contributed by atoms with E-state index in [-0.39, 0.29) is 18.9 Å². The quantitative estimate of drug-likeness (QED) is 0.396. The van der Waals surface area contributed by atoms with Crippen molar-refractivity contribution in [2.75, 3.05) is 27.4 Å². The van der Waals surface area contributed by atoms with E-state index in [2.05, 4.69) is 47.3 Å². The van der Waals surface area contributed by atoms with Gasteiger partial charge in [-0.05, 0) is 0 Å². The van der Waals surface area contributed by atoms with Crippen LogP contribution in [0.25, 0.3) is 0 Å². The molecule has 94 valence electrons. The second kappa shape index (κ2) is 11.3. The van der Waals surface area contributed by atoms with Crippen LogP contribution in [0, 0.1) is 6.08 Å². The van der Waals surface area contributed by atoms with Crippen LogP contribution in [0.2, 0.25) is 25.7 Å². The van der Waals surface area contributed by atoms with Gasteiger partial charge in [-0.25, -0.2) is 11.6 Å². The first kappa shape index (κ1) is 19.6. The van der Waals surface area contributed by atoms with Crippen LogP contribution in [0.5, 0.6) is 0 Å². The van der Waals surface area contributed by atoms with E-state index in [1.165, 1.54) is 11.6 Å². The minimum Gasteiger partial charge on any atom is -0.382 e. The summed E-state index contributed by atoms with van der Waals surface area (Å²) in [4.78, 5) is 0. The molecule has 1 aliphatic carbocycles. The number of hydrogen-bond acceptors (Lipinski definition) is 2. The van der Waals surface area contributed by atoms with Crippen molar-refractivity contribution in [3.05, 3.63) is 23.8 Å². The first-order valence-electron chi connectivity index (χ1n) is 5.73. The Morgan fingerprint density at radius 1 is 1.18 bits per heavy atom. The van der Waals surface area contributed by atoms with Crippen LogP contribution in [0.15, 0.2) is 17.7 Å². The summed E-state index contributed by atoms with van der Waals surface area (Å²) < 4.78 is 9.31. The topological polar surface area (TPSA) is 18.5 Å². The van der Waals surface area contributed by atoms with Crippen molar-refractivity contribution in [1.82, 2.24) is 0 Å². The van der Waals surface area contributed by atoms with Gasteiger partial charge in [0.25, 0.3) is 0 Å². The molecule has 0 radical (unpaired) electrons. The molecule has 0 aromatic carbocycles. The van der Waals surface area contributed by atoms with Gasteiger partial charge in [-0.2, -0.15) is 6.08 Å². The Bertz CT molecular complexity index is 228. The van der Waals surface area contributed by atoms with Crippen molar-refractivity contribution >= 4 is 8.07 Å². The third-order valence-electron chi connectivity index (χ3n) is 1.98. The number of rotatable bonds is 5. The third kappa shape index (κ3) is 14.2. The second-order valence-electron chi connectivity index (χ2n) is 5.03. The summed E-state index contributed by atoms with van der Waals surface area (Å²) in [5, 5.41) is 0. The Kier molecular flexibility index (Phi) is 13.0. The average Bonchev–Trinajstić information content (AvgIpc) is 2.65. The molecule has 0 amide bonds. The van der Waals surface area contributed by atoms with E-state index < -0.39 is 8.07 Å². The van der Waals surface area contributed by atoms with Gasteiger partial charge in [-0.3, -0.25) is 6.08 Å². The Balaban J connectivity index is 0. The monoisotopic (exact) mass is 248 g/mol. The molecular weight excluding hydrogens is 223 g/mol. The molecule has 2 nitrogen and oxygen atoms in total. The first-order chi connectivity index (χ1) is 7.49. The van der Waals surface area contributed by atoms with Crippen LogP contribution < -0.4 is 18.9 Å². The molecule has 1 aliphatic rings. The van der Waals surface area contributed by atoms with Gasteiger partial charge in [-0.1, -0.05) is 25.7 Å². The zero-order valence-corrected chi connectivity index (χ0v) is 13.3. The van der Waals surface area contributed by atoms with Gasteiger partial charge in [0, 0.05) is 22.3 Å². The van der Waals surface area contributed by atoms with Crippen LogP contribution in [-0.4, -0.2) is 35.5 Å². The zero-order chi connectivity index (χ0) is 12.4. The van der Waals surface area contributed by atoms with Crippen LogP contribution in [0.4, 0.5) is 0 Å². The summed E-state index contributed by atoms with van der Waals surface area (Å²) in [6, 6.07) is 1.30. The molecule has 0 bridgehead atoms. The van der Waals surface area contributed by atoms with Gasteiger partial charge in [0.05, 0.1) is 13.2 Å². The summed E-state index contributed by atoms with van der Waals surface area (Å²) in [5.74, 6) is 0. The largest absolute Gasteiger partial charge is 1.00 e. The predicted octanol–water partition coefficient (Wildman–Crippen LogP) is 0.297. The molecule has 0 saturated heterocycles. The van der Waals surface area contributed by atoms with Gasteiger partial charge in [-0.15, -0.1) is 6.42 Å². The van der Waals surface area contributed by atoms with Crippen molar-refractivity contribution in [2.24, 2.45) is 0 Å². The Morgan fingerprint density at radius 3 is 2.00 bits per heavy atom. The molecule has 0 saturated carbocycles. The SMILES string of the molecule is COCCOC.C[Si](C)(C)CC1=[C-]CC=C1.[Li+]. The Morgan fingerprint density at radius 2 is 1.71 bits per heavy atom. The maximum absolute atomic E-state index is 4.66. The number of ether oxygens (including phenoxy) is 2. The molecule has 0 unspecified atom stereocenters. The van der Waals surface area contributed by atoms with Crippen molar-refractivity contribution in [1.29, 1.82) is 0 Å². The third-order valence-corrected chi connectivity index (χ3v) is 3.42. The molecule has 0 aromatic rings. The van der Waals surface area contributed by atoms with Crippen molar-refractivity contribution in [3.8, 4) is 0 Å². The predicted molar refractivity (Wildman–Crippen MR) is 72.4 cm³/mol. The summed E-state index contributed by atoms with van der Waals surface area (Å²) in [7, 11) is 2.43. The standard InChI is InChI=1S/C9H15Si.C4H10O2.Li/c1-10(2,3)8-9-6-4-5-7-9;1-5-3-4-6-2;/h4,6H,5,8H2,1-3H3;3-4H2,1-2H3;/q-1;;+1. The smallest absolute Gasteiger partial charge is 0.382 e. The van der Waals surface area contributed by atoms with Gasteiger partial charge in [0.1, 0.15) is 0 Å². The van der Waals surface area contributed by atoms with E-state index in [4.69, 9.17) is 0 Å². The van der Waals surface area contributed by atoms with Crippen molar-refractivity contribution in [3.63, 3.8) is 0 Å². The summed E-state index contributed by atoms with van der Waals surface area (Å²) >= 11 is 0. The maximum Gasteiger partial charge on any atom is 1.00 e. The zero-order valence-electron chi connectivity index (χ0n) is 12.3. The van der Waals surface area contributed by atoms with E-state index in [1.807, 2.05) is 0 Å². The molecule has 17 heavy (non-hydrogen) atoms. The molecule has 0 heterocycles. The normalized spacial score (nSPS) is 13.6. The van der Waals surface area contributed by atoms with Crippen LogP contribution in [0.3, 0.4) is 0 Å². The van der Waals surface area contributed by atoms with E-state index in [0.29, 0.717) is 13.2 Å². The number of hydrogen-bond donors (Lipinski definition) is 0. The van der Waals surface area contributed by atoms with Crippen molar-refractivity contribution < 1.29 is 28.3 Å². The summed E-state index contributed by atoms with van der Waals surface area (Å²) in [6.45, 7) is 8.57.